The summed E-state index contributed by atoms with van der Waals surface area (Å²) < 4.78 is 2.01. The molecular formula is C11H19N3. The lowest BCUT2D eigenvalue weighted by molar-refractivity contribution is 0.497. The fourth-order valence-corrected chi connectivity index (χ4v) is 1.92. The molecule has 0 atom stereocenters. The summed E-state index contributed by atoms with van der Waals surface area (Å²) in [5.41, 5.74) is 8.72. The van der Waals surface area contributed by atoms with Gasteiger partial charge in [-0.15, -0.1) is 0 Å². The average Bonchev–Trinajstić information content (AvgIpc) is 2.87. The molecule has 0 aromatic carbocycles. The molecule has 0 saturated heterocycles. The van der Waals surface area contributed by atoms with Crippen molar-refractivity contribution in [3.8, 4) is 0 Å². The Hall–Kier alpha value is -0.830. The molecule has 0 aliphatic heterocycles. The summed E-state index contributed by atoms with van der Waals surface area (Å²) in [5, 5.41) is 4.45. The van der Waals surface area contributed by atoms with E-state index in [0.717, 1.165) is 19.4 Å². The number of nitrogens with two attached hydrogens (primary N) is 1. The number of hydrogen-bond donors (Lipinski definition) is 1. The fraction of sp³-hybridized carbons (Fsp3) is 0.727. The topological polar surface area (TPSA) is 43.8 Å². The third-order valence-electron chi connectivity index (χ3n) is 3.34. The lowest BCUT2D eigenvalue weighted by atomic mass is 10.0. The van der Waals surface area contributed by atoms with Gasteiger partial charge in [0.05, 0.1) is 5.69 Å². The summed E-state index contributed by atoms with van der Waals surface area (Å²) in [6, 6.07) is 2.22. The second kappa shape index (κ2) is 3.39. The molecule has 14 heavy (non-hydrogen) atoms. The Morgan fingerprint density at radius 1 is 1.57 bits per heavy atom. The molecule has 1 fully saturated rings. The average molecular weight is 193 g/mol. The van der Waals surface area contributed by atoms with Crippen molar-refractivity contribution in [2.75, 3.05) is 6.54 Å². The van der Waals surface area contributed by atoms with Gasteiger partial charge in [-0.3, -0.25) is 4.68 Å². The van der Waals surface area contributed by atoms with Crippen LogP contribution in [0.1, 0.15) is 31.2 Å². The predicted octanol–water partition coefficient (Wildman–Crippen LogP) is 1.26. The molecule has 3 heteroatoms. The van der Waals surface area contributed by atoms with Gasteiger partial charge in [0.2, 0.25) is 0 Å². The van der Waals surface area contributed by atoms with Crippen LogP contribution in [0.15, 0.2) is 6.07 Å². The van der Waals surface area contributed by atoms with E-state index in [-0.39, 0.29) is 0 Å². The Kier molecular flexibility index (Phi) is 2.35. The maximum absolute atomic E-state index is 5.78. The quantitative estimate of drug-likeness (QED) is 0.782. The molecule has 2 N–H and O–H groups in total. The van der Waals surface area contributed by atoms with Crippen molar-refractivity contribution in [1.82, 2.24) is 9.78 Å². The minimum atomic E-state index is 0.415. The van der Waals surface area contributed by atoms with Crippen LogP contribution < -0.4 is 5.73 Å². The van der Waals surface area contributed by atoms with Crippen LogP contribution in [-0.4, -0.2) is 16.3 Å². The van der Waals surface area contributed by atoms with E-state index in [9.17, 15) is 0 Å². The molecule has 1 saturated carbocycles. The Labute approximate surface area is 85.3 Å². The molecule has 2 rings (SSSR count). The minimum Gasteiger partial charge on any atom is -0.330 e. The molecule has 1 aliphatic rings. The highest BCUT2D eigenvalue weighted by Gasteiger charge is 2.41. The number of aryl methyl sites for hydroxylation is 2. The van der Waals surface area contributed by atoms with Gasteiger partial charge < -0.3 is 5.73 Å². The minimum absolute atomic E-state index is 0.415. The van der Waals surface area contributed by atoms with Gasteiger partial charge in [0.25, 0.3) is 0 Å². The van der Waals surface area contributed by atoms with Gasteiger partial charge in [0.15, 0.2) is 0 Å². The summed E-state index contributed by atoms with van der Waals surface area (Å²) in [6.45, 7) is 2.96. The van der Waals surface area contributed by atoms with E-state index in [0.29, 0.717) is 5.41 Å². The molecule has 0 unspecified atom stereocenters. The first-order valence-electron chi connectivity index (χ1n) is 5.41. The van der Waals surface area contributed by atoms with E-state index < -0.39 is 0 Å². The van der Waals surface area contributed by atoms with Crippen molar-refractivity contribution in [3.05, 3.63) is 17.5 Å². The third-order valence-corrected chi connectivity index (χ3v) is 3.34. The SMILES string of the molecule is CCc1cc(CC2(CN)CC2)n(C)n1. The second-order valence-electron chi connectivity index (χ2n) is 4.49. The van der Waals surface area contributed by atoms with Crippen molar-refractivity contribution in [2.24, 2.45) is 18.2 Å². The van der Waals surface area contributed by atoms with E-state index >= 15 is 0 Å². The normalized spacial score (nSPS) is 18.5. The largest absolute Gasteiger partial charge is 0.330 e. The summed E-state index contributed by atoms with van der Waals surface area (Å²) in [7, 11) is 2.03. The fourth-order valence-electron chi connectivity index (χ4n) is 1.92. The third kappa shape index (κ3) is 1.69. The molecule has 0 spiro atoms. The van der Waals surface area contributed by atoms with Crippen LogP contribution in [0.25, 0.3) is 0 Å². The molecule has 1 aliphatic carbocycles. The van der Waals surface area contributed by atoms with Gasteiger partial charge in [-0.05, 0) is 43.7 Å². The van der Waals surface area contributed by atoms with Crippen molar-refractivity contribution in [3.63, 3.8) is 0 Å². The van der Waals surface area contributed by atoms with Gasteiger partial charge in [-0.1, -0.05) is 6.92 Å². The zero-order valence-corrected chi connectivity index (χ0v) is 9.08. The lowest BCUT2D eigenvalue weighted by Crippen LogP contribution is -2.19. The number of nitrogens with zero attached hydrogens (tertiary/aromatic N) is 2. The van der Waals surface area contributed by atoms with Crippen LogP contribution in [0.2, 0.25) is 0 Å². The van der Waals surface area contributed by atoms with E-state index in [2.05, 4.69) is 18.1 Å². The van der Waals surface area contributed by atoms with Crippen LogP contribution in [0.4, 0.5) is 0 Å². The first-order valence-corrected chi connectivity index (χ1v) is 5.41. The van der Waals surface area contributed by atoms with E-state index in [4.69, 9.17) is 5.73 Å². The predicted molar refractivity (Wildman–Crippen MR) is 57.0 cm³/mol. The van der Waals surface area contributed by atoms with Crippen molar-refractivity contribution >= 4 is 0 Å². The highest BCUT2D eigenvalue weighted by molar-refractivity contribution is 5.14. The van der Waals surface area contributed by atoms with Crippen molar-refractivity contribution in [1.29, 1.82) is 0 Å². The smallest absolute Gasteiger partial charge is 0.0624 e. The molecule has 3 nitrogen and oxygen atoms in total. The highest BCUT2D eigenvalue weighted by Crippen LogP contribution is 2.47. The zero-order chi connectivity index (χ0) is 10.2. The zero-order valence-electron chi connectivity index (χ0n) is 9.08. The monoisotopic (exact) mass is 193 g/mol. The van der Waals surface area contributed by atoms with Gasteiger partial charge >= 0.3 is 0 Å². The number of aromatic nitrogens is 2. The van der Waals surface area contributed by atoms with Crippen molar-refractivity contribution < 1.29 is 0 Å². The van der Waals surface area contributed by atoms with Gasteiger partial charge in [0, 0.05) is 12.7 Å². The molecule has 1 heterocycles. The van der Waals surface area contributed by atoms with Crippen LogP contribution in [0.5, 0.6) is 0 Å². The first kappa shape index (κ1) is 9.71. The van der Waals surface area contributed by atoms with E-state index in [1.807, 2.05) is 11.7 Å². The van der Waals surface area contributed by atoms with E-state index in [1.165, 1.54) is 24.2 Å². The van der Waals surface area contributed by atoms with Crippen LogP contribution in [0, 0.1) is 5.41 Å². The van der Waals surface area contributed by atoms with Gasteiger partial charge in [-0.25, -0.2) is 0 Å². The summed E-state index contributed by atoms with van der Waals surface area (Å²) in [4.78, 5) is 0. The summed E-state index contributed by atoms with van der Waals surface area (Å²) in [5.74, 6) is 0. The highest BCUT2D eigenvalue weighted by atomic mass is 15.3. The first-order chi connectivity index (χ1) is 6.69. The molecule has 1 aromatic heterocycles. The summed E-state index contributed by atoms with van der Waals surface area (Å²) in [6.07, 6.45) is 4.70. The second-order valence-corrected chi connectivity index (χ2v) is 4.49. The molecule has 0 amide bonds. The maximum Gasteiger partial charge on any atom is 0.0624 e. The maximum atomic E-state index is 5.78. The Bertz CT molecular complexity index is 323. The Morgan fingerprint density at radius 2 is 2.29 bits per heavy atom. The van der Waals surface area contributed by atoms with E-state index in [1.54, 1.807) is 0 Å². The number of rotatable bonds is 4. The van der Waals surface area contributed by atoms with Crippen LogP contribution >= 0.6 is 0 Å². The molecule has 78 valence electrons. The lowest BCUT2D eigenvalue weighted by Gasteiger charge is -2.11. The number of hydrogen-bond acceptors (Lipinski definition) is 2. The molecule has 0 radical (unpaired) electrons. The van der Waals surface area contributed by atoms with Gasteiger partial charge in [0.1, 0.15) is 0 Å². The van der Waals surface area contributed by atoms with Crippen LogP contribution in [0.3, 0.4) is 0 Å². The summed E-state index contributed by atoms with van der Waals surface area (Å²) >= 11 is 0. The molecular weight excluding hydrogens is 174 g/mol. The standard InChI is InChI=1S/C11H19N3/c1-3-9-6-10(14(2)13-9)7-11(8-12)4-5-11/h6H,3-5,7-8,12H2,1-2H3. The molecule has 1 aromatic rings. The van der Waals surface area contributed by atoms with Crippen molar-refractivity contribution in [2.45, 2.75) is 32.6 Å². The van der Waals surface area contributed by atoms with Crippen LogP contribution in [-0.2, 0) is 19.9 Å². The Morgan fingerprint density at radius 3 is 2.71 bits per heavy atom. The molecule has 0 bridgehead atoms. The Balaban J connectivity index is 2.12. The van der Waals surface area contributed by atoms with Gasteiger partial charge in [-0.2, -0.15) is 5.10 Å².